The second kappa shape index (κ2) is 3.58. The van der Waals surface area contributed by atoms with E-state index in [4.69, 9.17) is 0 Å². The maximum Gasteiger partial charge on any atom is 0.0302 e. The Hall–Kier alpha value is -0.340. The quantitative estimate of drug-likeness (QED) is 0.738. The molecule has 2 heterocycles. The molecular formula is C10H15NS. The van der Waals surface area contributed by atoms with Crippen LogP contribution in [0.25, 0.3) is 0 Å². The first kappa shape index (κ1) is 8.27. The number of aryl methyl sites for hydroxylation is 1. The third kappa shape index (κ3) is 1.41. The van der Waals surface area contributed by atoms with Gasteiger partial charge in [0.2, 0.25) is 0 Å². The summed E-state index contributed by atoms with van der Waals surface area (Å²) in [5, 5.41) is 5.76. The Bertz CT molecular complexity index is 265. The largest absolute Gasteiger partial charge is 0.312 e. The molecule has 1 aliphatic rings. The van der Waals surface area contributed by atoms with E-state index in [9.17, 15) is 0 Å². The zero-order valence-electron chi connectivity index (χ0n) is 7.52. The highest BCUT2D eigenvalue weighted by molar-refractivity contribution is 7.10. The monoisotopic (exact) mass is 181 g/mol. The SMILES string of the molecule is CCCc1csc2c1CCNC2. The van der Waals surface area contributed by atoms with E-state index in [0.717, 1.165) is 6.54 Å². The first-order valence-corrected chi connectivity index (χ1v) is 5.58. The number of hydrogen-bond donors (Lipinski definition) is 1. The predicted octanol–water partition coefficient (Wildman–Crippen LogP) is 2.35. The van der Waals surface area contributed by atoms with E-state index in [2.05, 4.69) is 17.6 Å². The van der Waals surface area contributed by atoms with Gasteiger partial charge in [0.25, 0.3) is 0 Å². The first-order chi connectivity index (χ1) is 5.92. The minimum absolute atomic E-state index is 1.10. The molecule has 2 heteroatoms. The van der Waals surface area contributed by atoms with Crippen molar-refractivity contribution in [2.24, 2.45) is 0 Å². The van der Waals surface area contributed by atoms with Gasteiger partial charge in [-0.15, -0.1) is 11.3 Å². The maximum atomic E-state index is 3.41. The van der Waals surface area contributed by atoms with E-state index in [1.165, 1.54) is 25.8 Å². The minimum Gasteiger partial charge on any atom is -0.312 e. The van der Waals surface area contributed by atoms with E-state index < -0.39 is 0 Å². The third-order valence-electron chi connectivity index (χ3n) is 2.42. The van der Waals surface area contributed by atoms with E-state index in [0.29, 0.717) is 0 Å². The van der Waals surface area contributed by atoms with Crippen molar-refractivity contribution >= 4 is 11.3 Å². The lowest BCUT2D eigenvalue weighted by Crippen LogP contribution is -2.22. The van der Waals surface area contributed by atoms with Crippen molar-refractivity contribution in [1.29, 1.82) is 0 Å². The van der Waals surface area contributed by atoms with Crippen LogP contribution in [0.1, 0.15) is 29.3 Å². The molecule has 0 unspecified atom stereocenters. The van der Waals surface area contributed by atoms with Crippen molar-refractivity contribution in [3.63, 3.8) is 0 Å². The van der Waals surface area contributed by atoms with Crippen molar-refractivity contribution in [2.75, 3.05) is 6.54 Å². The van der Waals surface area contributed by atoms with E-state index in [-0.39, 0.29) is 0 Å². The second-order valence-corrected chi connectivity index (χ2v) is 4.30. The van der Waals surface area contributed by atoms with Crippen LogP contribution in [0.3, 0.4) is 0 Å². The summed E-state index contributed by atoms with van der Waals surface area (Å²) in [5.74, 6) is 0. The molecule has 1 aromatic heterocycles. The molecule has 0 aromatic carbocycles. The molecule has 0 radical (unpaired) electrons. The molecule has 1 nitrogen and oxygen atoms in total. The average Bonchev–Trinajstić information content (AvgIpc) is 2.50. The summed E-state index contributed by atoms with van der Waals surface area (Å²) >= 11 is 1.93. The second-order valence-electron chi connectivity index (χ2n) is 3.34. The fraction of sp³-hybridized carbons (Fsp3) is 0.600. The Morgan fingerprint density at radius 1 is 1.58 bits per heavy atom. The van der Waals surface area contributed by atoms with Gasteiger partial charge in [0.05, 0.1) is 0 Å². The number of fused-ring (bicyclic) bond motifs is 1. The molecule has 0 aliphatic carbocycles. The predicted molar refractivity (Wildman–Crippen MR) is 53.7 cm³/mol. The minimum atomic E-state index is 1.10. The molecule has 1 aromatic rings. The lowest BCUT2D eigenvalue weighted by atomic mass is 10.0. The lowest BCUT2D eigenvalue weighted by molar-refractivity contribution is 0.649. The highest BCUT2D eigenvalue weighted by atomic mass is 32.1. The van der Waals surface area contributed by atoms with Gasteiger partial charge in [0.1, 0.15) is 0 Å². The van der Waals surface area contributed by atoms with E-state index >= 15 is 0 Å². The van der Waals surface area contributed by atoms with Gasteiger partial charge in [-0.3, -0.25) is 0 Å². The Labute approximate surface area is 77.8 Å². The Morgan fingerprint density at radius 3 is 3.33 bits per heavy atom. The van der Waals surface area contributed by atoms with Gasteiger partial charge < -0.3 is 5.32 Å². The molecule has 0 saturated carbocycles. The van der Waals surface area contributed by atoms with Crippen LogP contribution in [0.2, 0.25) is 0 Å². The molecule has 0 atom stereocenters. The highest BCUT2D eigenvalue weighted by Crippen LogP contribution is 2.26. The maximum absolute atomic E-state index is 3.41. The molecule has 1 N–H and O–H groups in total. The molecule has 12 heavy (non-hydrogen) atoms. The summed E-state index contributed by atoms with van der Waals surface area (Å²) in [7, 11) is 0. The Balaban J connectivity index is 2.25. The van der Waals surface area contributed by atoms with Crippen LogP contribution >= 0.6 is 11.3 Å². The fourth-order valence-electron chi connectivity index (χ4n) is 1.81. The van der Waals surface area contributed by atoms with Crippen LogP contribution in [0.5, 0.6) is 0 Å². The fourth-order valence-corrected chi connectivity index (χ4v) is 2.91. The van der Waals surface area contributed by atoms with Crippen molar-refractivity contribution in [3.8, 4) is 0 Å². The molecule has 0 saturated heterocycles. The van der Waals surface area contributed by atoms with Crippen LogP contribution < -0.4 is 5.32 Å². The van der Waals surface area contributed by atoms with Crippen LogP contribution in [-0.2, 0) is 19.4 Å². The zero-order valence-corrected chi connectivity index (χ0v) is 8.34. The van der Waals surface area contributed by atoms with Gasteiger partial charge in [-0.1, -0.05) is 13.3 Å². The molecular weight excluding hydrogens is 166 g/mol. The van der Waals surface area contributed by atoms with Crippen molar-refractivity contribution < 1.29 is 0 Å². The van der Waals surface area contributed by atoms with Crippen molar-refractivity contribution in [1.82, 2.24) is 5.32 Å². The van der Waals surface area contributed by atoms with Crippen LogP contribution in [-0.4, -0.2) is 6.54 Å². The van der Waals surface area contributed by atoms with Gasteiger partial charge in [0, 0.05) is 11.4 Å². The first-order valence-electron chi connectivity index (χ1n) is 4.70. The van der Waals surface area contributed by atoms with Crippen molar-refractivity contribution in [3.05, 3.63) is 21.4 Å². The Morgan fingerprint density at radius 2 is 2.50 bits per heavy atom. The summed E-state index contributed by atoms with van der Waals surface area (Å²) in [6.45, 7) is 4.52. The summed E-state index contributed by atoms with van der Waals surface area (Å²) < 4.78 is 0. The van der Waals surface area contributed by atoms with Gasteiger partial charge in [-0.25, -0.2) is 0 Å². The molecule has 2 rings (SSSR count). The smallest absolute Gasteiger partial charge is 0.0302 e. The molecule has 0 bridgehead atoms. The number of nitrogens with one attached hydrogen (secondary N) is 1. The zero-order chi connectivity index (χ0) is 8.39. The number of thiophene rings is 1. The lowest BCUT2D eigenvalue weighted by Gasteiger charge is -2.13. The molecule has 0 amide bonds. The van der Waals surface area contributed by atoms with Crippen LogP contribution in [0.15, 0.2) is 5.38 Å². The van der Waals surface area contributed by atoms with Gasteiger partial charge >= 0.3 is 0 Å². The summed E-state index contributed by atoms with van der Waals surface area (Å²) in [5.41, 5.74) is 3.26. The third-order valence-corrected chi connectivity index (χ3v) is 3.50. The summed E-state index contributed by atoms with van der Waals surface area (Å²) in [4.78, 5) is 1.57. The van der Waals surface area contributed by atoms with Gasteiger partial charge in [0.15, 0.2) is 0 Å². The van der Waals surface area contributed by atoms with E-state index in [1.54, 1.807) is 16.0 Å². The van der Waals surface area contributed by atoms with Gasteiger partial charge in [-0.05, 0) is 35.9 Å². The van der Waals surface area contributed by atoms with Crippen LogP contribution in [0, 0.1) is 0 Å². The normalized spacial score (nSPS) is 16.1. The Kier molecular flexibility index (Phi) is 2.47. The highest BCUT2D eigenvalue weighted by Gasteiger charge is 2.13. The molecule has 1 aliphatic heterocycles. The number of hydrogen-bond acceptors (Lipinski definition) is 2. The standard InChI is InChI=1S/C10H15NS/c1-2-3-8-7-12-10-6-11-5-4-9(8)10/h7,11H,2-6H2,1H3. The molecule has 0 fully saturated rings. The topological polar surface area (TPSA) is 12.0 Å². The van der Waals surface area contributed by atoms with Gasteiger partial charge in [-0.2, -0.15) is 0 Å². The summed E-state index contributed by atoms with van der Waals surface area (Å²) in [6.07, 6.45) is 3.79. The summed E-state index contributed by atoms with van der Waals surface area (Å²) in [6, 6.07) is 0. The van der Waals surface area contributed by atoms with E-state index in [1.807, 2.05) is 11.3 Å². The molecule has 66 valence electrons. The van der Waals surface area contributed by atoms with Crippen molar-refractivity contribution in [2.45, 2.75) is 32.7 Å². The number of rotatable bonds is 2. The molecule has 0 spiro atoms. The average molecular weight is 181 g/mol. The van der Waals surface area contributed by atoms with Crippen LogP contribution in [0.4, 0.5) is 0 Å².